The average Bonchev–Trinajstić information content (AvgIpc) is 3.27. The molecule has 0 unspecified atom stereocenters. The number of aromatic nitrogens is 1. The number of primary sulfonamides is 1. The summed E-state index contributed by atoms with van der Waals surface area (Å²) >= 11 is 3.35. The van der Waals surface area contributed by atoms with Crippen LogP contribution in [0.4, 0.5) is 5.69 Å². The predicted molar refractivity (Wildman–Crippen MR) is 115 cm³/mol. The third-order valence-corrected chi connectivity index (χ3v) is 5.90. The van der Waals surface area contributed by atoms with Gasteiger partial charge in [-0.15, -0.1) is 0 Å². The molecule has 2 amide bonds. The Labute approximate surface area is 180 Å². The van der Waals surface area contributed by atoms with Crippen molar-refractivity contribution in [2.75, 3.05) is 5.01 Å². The molecule has 4 rings (SSSR count). The monoisotopic (exact) mass is 486 g/mol. The van der Waals surface area contributed by atoms with Gasteiger partial charge in [0.25, 0.3) is 11.8 Å². The standard InChI is InChI=1S/C20H15BrN4O4S/c21-13-3-1-4-16(11-13)25-20(27)18(19(26)23-25)12-15-5-2-10-24(15)14-6-8-17(9-7-14)30(22,28)29/h1-12H,(H,23,26)(H2,22,28,29)/b18-12-. The lowest BCUT2D eigenvalue weighted by molar-refractivity contribution is -0.117. The lowest BCUT2D eigenvalue weighted by Gasteiger charge is -2.14. The summed E-state index contributed by atoms with van der Waals surface area (Å²) in [5, 5.41) is 6.32. The van der Waals surface area contributed by atoms with Crippen molar-refractivity contribution in [3.63, 3.8) is 0 Å². The van der Waals surface area contributed by atoms with E-state index < -0.39 is 21.8 Å². The van der Waals surface area contributed by atoms with E-state index in [1.165, 1.54) is 23.2 Å². The maximum Gasteiger partial charge on any atom is 0.282 e. The molecule has 0 spiro atoms. The Morgan fingerprint density at radius 3 is 2.37 bits per heavy atom. The van der Waals surface area contributed by atoms with E-state index in [4.69, 9.17) is 5.14 Å². The zero-order valence-corrected chi connectivity index (χ0v) is 17.7. The Balaban J connectivity index is 1.67. The van der Waals surface area contributed by atoms with Crippen LogP contribution in [0.15, 0.2) is 81.8 Å². The Bertz CT molecular complexity index is 1300. The fourth-order valence-electron chi connectivity index (χ4n) is 3.05. The molecule has 3 aromatic rings. The highest BCUT2D eigenvalue weighted by Crippen LogP contribution is 2.25. The van der Waals surface area contributed by atoms with E-state index in [1.54, 1.807) is 53.2 Å². The molecule has 1 fully saturated rings. The maximum absolute atomic E-state index is 12.8. The van der Waals surface area contributed by atoms with Crippen LogP contribution in [0, 0.1) is 0 Å². The first-order valence-corrected chi connectivity index (χ1v) is 11.0. The normalized spacial score (nSPS) is 15.7. The van der Waals surface area contributed by atoms with Gasteiger partial charge in [0.1, 0.15) is 5.57 Å². The number of carbonyl (C=O) groups excluding carboxylic acids is 2. The molecule has 0 atom stereocenters. The Kier molecular flexibility index (Phi) is 5.06. The minimum atomic E-state index is -3.79. The van der Waals surface area contributed by atoms with E-state index in [0.717, 1.165) is 4.47 Å². The molecule has 1 aliphatic rings. The number of amides is 2. The summed E-state index contributed by atoms with van der Waals surface area (Å²) in [6.45, 7) is 0. The van der Waals surface area contributed by atoms with E-state index >= 15 is 0 Å². The molecule has 2 aromatic carbocycles. The zero-order valence-electron chi connectivity index (χ0n) is 15.3. The molecule has 0 aliphatic carbocycles. The van der Waals surface area contributed by atoms with Gasteiger partial charge in [0.15, 0.2) is 0 Å². The highest BCUT2D eigenvalue weighted by Gasteiger charge is 2.34. The van der Waals surface area contributed by atoms with Crippen LogP contribution >= 0.6 is 15.9 Å². The second-order valence-electron chi connectivity index (χ2n) is 6.46. The fourth-order valence-corrected chi connectivity index (χ4v) is 3.95. The van der Waals surface area contributed by atoms with Crippen LogP contribution < -0.4 is 15.6 Å². The van der Waals surface area contributed by atoms with Gasteiger partial charge >= 0.3 is 0 Å². The van der Waals surface area contributed by atoms with Crippen LogP contribution in [0.3, 0.4) is 0 Å². The highest BCUT2D eigenvalue weighted by molar-refractivity contribution is 9.10. The van der Waals surface area contributed by atoms with Crippen molar-refractivity contribution < 1.29 is 18.0 Å². The molecule has 0 saturated carbocycles. The summed E-state index contributed by atoms with van der Waals surface area (Å²) in [6.07, 6.45) is 3.23. The van der Waals surface area contributed by atoms with E-state index in [9.17, 15) is 18.0 Å². The van der Waals surface area contributed by atoms with Crippen molar-refractivity contribution in [1.82, 2.24) is 9.99 Å². The summed E-state index contributed by atoms with van der Waals surface area (Å²) in [4.78, 5) is 25.3. The first-order chi connectivity index (χ1) is 14.2. The quantitative estimate of drug-likeness (QED) is 0.434. The third-order valence-electron chi connectivity index (χ3n) is 4.47. The number of hydrogen-bond acceptors (Lipinski definition) is 4. The topological polar surface area (TPSA) is 114 Å². The second kappa shape index (κ2) is 7.56. The molecule has 10 heteroatoms. The van der Waals surface area contributed by atoms with Gasteiger partial charge in [-0.05, 0) is 60.7 Å². The SMILES string of the molecule is NS(=O)(=O)c1ccc(-n2cccc2/C=C2/C(=O)NN(c3cccc(Br)c3)C2=O)cc1. The highest BCUT2D eigenvalue weighted by atomic mass is 79.9. The van der Waals surface area contributed by atoms with Crippen molar-refractivity contribution >= 4 is 49.5 Å². The van der Waals surface area contributed by atoms with Crippen molar-refractivity contribution in [2.45, 2.75) is 4.90 Å². The van der Waals surface area contributed by atoms with Gasteiger partial charge < -0.3 is 4.57 Å². The van der Waals surface area contributed by atoms with Gasteiger partial charge in [0.05, 0.1) is 10.6 Å². The summed E-state index contributed by atoms with van der Waals surface area (Å²) in [7, 11) is -3.79. The third kappa shape index (κ3) is 3.80. The predicted octanol–water partition coefficient (Wildman–Crippen LogP) is 2.35. The lowest BCUT2D eigenvalue weighted by Crippen LogP contribution is -2.35. The van der Waals surface area contributed by atoms with Crippen LogP contribution in [-0.2, 0) is 19.6 Å². The zero-order chi connectivity index (χ0) is 21.5. The number of carbonyl (C=O) groups is 2. The van der Waals surface area contributed by atoms with Gasteiger partial charge in [-0.1, -0.05) is 22.0 Å². The number of hydrazine groups is 1. The molecule has 1 aromatic heterocycles. The Morgan fingerprint density at radius 1 is 0.967 bits per heavy atom. The summed E-state index contributed by atoms with van der Waals surface area (Å²) in [5.74, 6) is -0.993. The number of nitrogens with zero attached hydrogens (tertiary/aromatic N) is 2. The van der Waals surface area contributed by atoms with E-state index in [0.29, 0.717) is 17.1 Å². The summed E-state index contributed by atoms with van der Waals surface area (Å²) in [6, 6.07) is 16.5. The first kappa shape index (κ1) is 20.1. The maximum atomic E-state index is 12.8. The largest absolute Gasteiger partial charge is 0.317 e. The number of hydrogen-bond donors (Lipinski definition) is 2. The van der Waals surface area contributed by atoms with Crippen LogP contribution in [0.5, 0.6) is 0 Å². The van der Waals surface area contributed by atoms with E-state index in [1.807, 2.05) is 6.07 Å². The van der Waals surface area contributed by atoms with Crippen molar-refractivity contribution in [2.24, 2.45) is 5.14 Å². The molecular weight excluding hydrogens is 472 g/mol. The molecule has 1 aliphatic heterocycles. The first-order valence-electron chi connectivity index (χ1n) is 8.67. The van der Waals surface area contributed by atoms with Gasteiger partial charge in [-0.3, -0.25) is 15.0 Å². The van der Waals surface area contributed by atoms with Crippen molar-refractivity contribution in [3.05, 3.63) is 82.6 Å². The van der Waals surface area contributed by atoms with Crippen LogP contribution in [0.25, 0.3) is 11.8 Å². The van der Waals surface area contributed by atoms with Gasteiger partial charge in [0.2, 0.25) is 10.0 Å². The molecule has 0 bridgehead atoms. The molecule has 3 N–H and O–H groups in total. The van der Waals surface area contributed by atoms with Crippen LogP contribution in [0.2, 0.25) is 0 Å². The average molecular weight is 487 g/mol. The molecule has 2 heterocycles. The van der Waals surface area contributed by atoms with E-state index in [-0.39, 0.29) is 10.5 Å². The number of nitrogens with two attached hydrogens (primary N) is 1. The van der Waals surface area contributed by atoms with Crippen LogP contribution in [0.1, 0.15) is 5.69 Å². The van der Waals surface area contributed by atoms with Gasteiger partial charge in [-0.25, -0.2) is 18.6 Å². The van der Waals surface area contributed by atoms with Crippen LogP contribution in [-0.4, -0.2) is 24.8 Å². The van der Waals surface area contributed by atoms with Crippen molar-refractivity contribution in [1.29, 1.82) is 0 Å². The fraction of sp³-hybridized carbons (Fsp3) is 0. The number of sulfonamides is 1. The number of rotatable bonds is 4. The molecule has 1 saturated heterocycles. The molecule has 8 nitrogen and oxygen atoms in total. The number of anilines is 1. The molecular formula is C20H15BrN4O4S. The van der Waals surface area contributed by atoms with Gasteiger partial charge in [0, 0.05) is 22.1 Å². The number of nitrogens with one attached hydrogen (secondary N) is 1. The van der Waals surface area contributed by atoms with Gasteiger partial charge in [-0.2, -0.15) is 0 Å². The lowest BCUT2D eigenvalue weighted by atomic mass is 10.2. The summed E-state index contributed by atoms with van der Waals surface area (Å²) in [5.41, 5.74) is 4.29. The molecule has 0 radical (unpaired) electrons. The molecule has 152 valence electrons. The minimum absolute atomic E-state index is 0.00618. The van der Waals surface area contributed by atoms with E-state index in [2.05, 4.69) is 21.4 Å². The number of benzene rings is 2. The summed E-state index contributed by atoms with van der Waals surface area (Å²) < 4.78 is 25.4. The minimum Gasteiger partial charge on any atom is -0.317 e. The van der Waals surface area contributed by atoms with Crippen molar-refractivity contribution in [3.8, 4) is 5.69 Å². The number of halogens is 1. The Morgan fingerprint density at radius 2 is 1.70 bits per heavy atom. The smallest absolute Gasteiger partial charge is 0.282 e. The Hall–Kier alpha value is -3.21. The molecule has 30 heavy (non-hydrogen) atoms. The second-order valence-corrected chi connectivity index (χ2v) is 8.94.